The molecule has 3 N–H and O–H groups in total. The predicted molar refractivity (Wildman–Crippen MR) is 76.6 cm³/mol. The summed E-state index contributed by atoms with van der Waals surface area (Å²) in [7, 11) is 0. The Kier molecular flexibility index (Phi) is 4.09. The SMILES string of the molecule is CC(C)C(N)C(=O)N1CCC(C(=O)O)c2ccccc21. The maximum atomic E-state index is 12.4. The molecule has 2 rings (SSSR count). The second kappa shape index (κ2) is 5.63. The van der Waals surface area contributed by atoms with E-state index in [-0.39, 0.29) is 11.8 Å². The van der Waals surface area contributed by atoms with Gasteiger partial charge >= 0.3 is 5.97 Å². The van der Waals surface area contributed by atoms with Crippen molar-refractivity contribution < 1.29 is 14.7 Å². The molecule has 0 aliphatic carbocycles. The summed E-state index contributed by atoms with van der Waals surface area (Å²) in [5.74, 6) is -1.49. The Balaban J connectivity index is 2.37. The van der Waals surface area contributed by atoms with Gasteiger partial charge in [-0.1, -0.05) is 32.0 Å². The molecule has 0 saturated heterocycles. The van der Waals surface area contributed by atoms with Crippen LogP contribution in [0.15, 0.2) is 24.3 Å². The maximum Gasteiger partial charge on any atom is 0.311 e. The first kappa shape index (κ1) is 14.5. The third-order valence-electron chi connectivity index (χ3n) is 3.81. The van der Waals surface area contributed by atoms with E-state index < -0.39 is 17.9 Å². The molecule has 5 heteroatoms. The van der Waals surface area contributed by atoms with Crippen LogP contribution in [0.1, 0.15) is 31.7 Å². The van der Waals surface area contributed by atoms with E-state index in [1.807, 2.05) is 19.9 Å². The quantitative estimate of drug-likeness (QED) is 0.877. The smallest absolute Gasteiger partial charge is 0.311 e. The minimum atomic E-state index is -0.849. The summed E-state index contributed by atoms with van der Waals surface area (Å²) in [5.41, 5.74) is 7.30. The number of hydrogen-bond acceptors (Lipinski definition) is 3. The van der Waals surface area contributed by atoms with Gasteiger partial charge in [-0.25, -0.2) is 0 Å². The third kappa shape index (κ3) is 2.54. The lowest BCUT2D eigenvalue weighted by molar-refractivity contribution is -0.139. The molecular formula is C15H20N2O3. The van der Waals surface area contributed by atoms with Crippen molar-refractivity contribution >= 4 is 17.6 Å². The Bertz CT molecular complexity index is 528. The molecule has 1 heterocycles. The van der Waals surface area contributed by atoms with E-state index >= 15 is 0 Å². The van der Waals surface area contributed by atoms with E-state index in [0.717, 1.165) is 0 Å². The van der Waals surface area contributed by atoms with Gasteiger partial charge in [0, 0.05) is 12.2 Å². The molecule has 1 aromatic rings. The first-order chi connectivity index (χ1) is 9.43. The van der Waals surface area contributed by atoms with E-state index in [4.69, 9.17) is 5.73 Å². The molecule has 108 valence electrons. The number of fused-ring (bicyclic) bond motifs is 1. The van der Waals surface area contributed by atoms with E-state index in [0.29, 0.717) is 24.2 Å². The number of anilines is 1. The van der Waals surface area contributed by atoms with E-state index in [1.54, 1.807) is 23.1 Å². The number of carbonyl (C=O) groups excluding carboxylic acids is 1. The molecule has 0 radical (unpaired) electrons. The molecule has 0 saturated carbocycles. The minimum Gasteiger partial charge on any atom is -0.481 e. The van der Waals surface area contributed by atoms with Gasteiger partial charge in [0.05, 0.1) is 12.0 Å². The highest BCUT2D eigenvalue weighted by Gasteiger charge is 2.34. The summed E-state index contributed by atoms with van der Waals surface area (Å²) in [5, 5.41) is 9.28. The van der Waals surface area contributed by atoms with Gasteiger partial charge in [0.25, 0.3) is 0 Å². The van der Waals surface area contributed by atoms with Crippen LogP contribution in [-0.4, -0.2) is 29.6 Å². The van der Waals surface area contributed by atoms with Crippen LogP contribution in [0.5, 0.6) is 0 Å². The number of benzene rings is 1. The summed E-state index contributed by atoms with van der Waals surface area (Å²) < 4.78 is 0. The molecule has 2 atom stereocenters. The zero-order valence-corrected chi connectivity index (χ0v) is 11.7. The number of nitrogens with two attached hydrogens (primary N) is 1. The molecule has 20 heavy (non-hydrogen) atoms. The highest BCUT2D eigenvalue weighted by atomic mass is 16.4. The van der Waals surface area contributed by atoms with Gasteiger partial charge in [-0.15, -0.1) is 0 Å². The van der Waals surface area contributed by atoms with Gasteiger partial charge in [0.15, 0.2) is 0 Å². The lowest BCUT2D eigenvalue weighted by Gasteiger charge is -2.34. The van der Waals surface area contributed by atoms with Crippen LogP contribution in [-0.2, 0) is 9.59 Å². The number of carbonyl (C=O) groups is 2. The second-order valence-electron chi connectivity index (χ2n) is 5.50. The topological polar surface area (TPSA) is 83.6 Å². The molecule has 2 unspecified atom stereocenters. The normalized spacial score (nSPS) is 19.6. The lowest BCUT2D eigenvalue weighted by atomic mass is 9.89. The van der Waals surface area contributed by atoms with Crippen LogP contribution in [0.4, 0.5) is 5.69 Å². The number of rotatable bonds is 3. The monoisotopic (exact) mass is 276 g/mol. The van der Waals surface area contributed by atoms with Crippen molar-refractivity contribution in [2.24, 2.45) is 11.7 Å². The fourth-order valence-electron chi connectivity index (χ4n) is 2.51. The van der Waals surface area contributed by atoms with Crippen LogP contribution in [0.3, 0.4) is 0 Å². The molecule has 1 aliphatic rings. The van der Waals surface area contributed by atoms with Gasteiger partial charge in [-0.2, -0.15) is 0 Å². The van der Waals surface area contributed by atoms with Crippen molar-refractivity contribution in [2.75, 3.05) is 11.4 Å². The van der Waals surface area contributed by atoms with Gasteiger partial charge in [-0.3, -0.25) is 9.59 Å². The Morgan fingerprint density at radius 2 is 2.00 bits per heavy atom. The zero-order valence-electron chi connectivity index (χ0n) is 11.7. The summed E-state index contributed by atoms with van der Waals surface area (Å²) in [4.78, 5) is 25.4. The molecule has 0 bridgehead atoms. The second-order valence-corrected chi connectivity index (χ2v) is 5.50. The van der Waals surface area contributed by atoms with Crippen LogP contribution in [0.25, 0.3) is 0 Å². The van der Waals surface area contributed by atoms with Crippen molar-refractivity contribution in [2.45, 2.75) is 32.2 Å². The van der Waals surface area contributed by atoms with E-state index in [2.05, 4.69) is 0 Å². The minimum absolute atomic E-state index is 0.0480. The predicted octanol–water partition coefficient (Wildman–Crippen LogP) is 1.57. The number of aliphatic carboxylic acids is 1. The average molecular weight is 276 g/mol. The summed E-state index contributed by atoms with van der Waals surface area (Å²) in [6.07, 6.45) is 0.420. The van der Waals surface area contributed by atoms with Crippen molar-refractivity contribution in [3.05, 3.63) is 29.8 Å². The number of hydrogen-bond donors (Lipinski definition) is 2. The molecule has 1 aliphatic heterocycles. The van der Waals surface area contributed by atoms with Crippen molar-refractivity contribution in [1.82, 2.24) is 0 Å². The number of para-hydroxylation sites is 1. The highest BCUT2D eigenvalue weighted by Crippen LogP contribution is 2.35. The summed E-state index contributed by atoms with van der Waals surface area (Å²) in [6.45, 7) is 4.20. The van der Waals surface area contributed by atoms with E-state index in [1.165, 1.54) is 0 Å². The number of carboxylic acids is 1. The lowest BCUT2D eigenvalue weighted by Crippen LogP contribution is -2.49. The Labute approximate surface area is 118 Å². The van der Waals surface area contributed by atoms with Gasteiger partial charge < -0.3 is 15.7 Å². The number of amides is 1. The van der Waals surface area contributed by atoms with Crippen LogP contribution in [0, 0.1) is 5.92 Å². The van der Waals surface area contributed by atoms with Crippen LogP contribution < -0.4 is 10.6 Å². The zero-order chi connectivity index (χ0) is 14.9. The number of nitrogens with zero attached hydrogens (tertiary/aromatic N) is 1. The Hall–Kier alpha value is -1.88. The highest BCUT2D eigenvalue weighted by molar-refractivity contribution is 5.99. The fraction of sp³-hybridized carbons (Fsp3) is 0.467. The van der Waals surface area contributed by atoms with Gasteiger partial charge in [0.1, 0.15) is 0 Å². The summed E-state index contributed by atoms with van der Waals surface area (Å²) >= 11 is 0. The molecule has 5 nitrogen and oxygen atoms in total. The van der Waals surface area contributed by atoms with Crippen LogP contribution >= 0.6 is 0 Å². The summed E-state index contributed by atoms with van der Waals surface area (Å²) in [6, 6.07) is 6.60. The molecule has 1 aromatic carbocycles. The third-order valence-corrected chi connectivity index (χ3v) is 3.81. The number of carboxylic acid groups (broad SMARTS) is 1. The maximum absolute atomic E-state index is 12.4. The Morgan fingerprint density at radius 1 is 1.35 bits per heavy atom. The molecule has 0 fully saturated rings. The van der Waals surface area contributed by atoms with Crippen molar-refractivity contribution in [3.8, 4) is 0 Å². The largest absolute Gasteiger partial charge is 0.481 e. The van der Waals surface area contributed by atoms with Crippen molar-refractivity contribution in [3.63, 3.8) is 0 Å². The first-order valence-electron chi connectivity index (χ1n) is 6.82. The van der Waals surface area contributed by atoms with Gasteiger partial charge in [0.2, 0.25) is 5.91 Å². The standard InChI is InChI=1S/C15H20N2O3/c1-9(2)13(16)14(18)17-8-7-11(15(19)20)10-5-3-4-6-12(10)17/h3-6,9,11,13H,7-8,16H2,1-2H3,(H,19,20). The molecule has 1 amide bonds. The molecular weight excluding hydrogens is 256 g/mol. The average Bonchev–Trinajstić information content (AvgIpc) is 2.44. The Morgan fingerprint density at radius 3 is 2.60 bits per heavy atom. The van der Waals surface area contributed by atoms with Crippen molar-refractivity contribution in [1.29, 1.82) is 0 Å². The molecule has 0 aromatic heterocycles. The molecule has 0 spiro atoms. The first-order valence-corrected chi connectivity index (χ1v) is 6.82. The van der Waals surface area contributed by atoms with E-state index in [9.17, 15) is 14.7 Å². The van der Waals surface area contributed by atoms with Crippen LogP contribution in [0.2, 0.25) is 0 Å². The van der Waals surface area contributed by atoms with Gasteiger partial charge in [-0.05, 0) is 24.0 Å². The fourth-order valence-corrected chi connectivity index (χ4v) is 2.51.